The Bertz CT molecular complexity index is 460. The van der Waals surface area contributed by atoms with Crippen molar-refractivity contribution >= 4 is 46.7 Å². The molecule has 0 aliphatic rings. The largest absolute Gasteiger partial charge is 0.298 e. The van der Waals surface area contributed by atoms with Crippen molar-refractivity contribution in [2.75, 3.05) is 6.26 Å². The summed E-state index contributed by atoms with van der Waals surface area (Å²) in [7, 11) is 0. The molecule has 1 aromatic rings. The van der Waals surface area contributed by atoms with Gasteiger partial charge in [0.25, 0.3) is 5.91 Å². The van der Waals surface area contributed by atoms with Gasteiger partial charge in [0.1, 0.15) is 0 Å². The molecule has 0 aliphatic heterocycles. The number of nitrogens with zero attached hydrogens (tertiary/aromatic N) is 3. The average molecular weight is 365 g/mol. The number of carbonyl (C=O) groups excluding carboxylic acids is 1. The number of carbonyl (C=O) groups is 1. The molecule has 1 amide bonds. The highest BCUT2D eigenvalue weighted by Crippen LogP contribution is 2.09. The van der Waals surface area contributed by atoms with Gasteiger partial charge in [-0.25, -0.2) is 9.98 Å². The van der Waals surface area contributed by atoms with E-state index in [2.05, 4.69) is 15.0 Å². The van der Waals surface area contributed by atoms with Crippen LogP contribution in [0.4, 0.5) is 0 Å². The molecule has 0 unspecified atom stereocenters. The van der Waals surface area contributed by atoms with Crippen molar-refractivity contribution in [1.82, 2.24) is 9.97 Å². The van der Waals surface area contributed by atoms with Gasteiger partial charge in [0.05, 0.1) is 22.1 Å². The third-order valence-corrected chi connectivity index (χ3v) is 2.92. The Morgan fingerprint density at radius 1 is 1.12 bits per heavy atom. The maximum atomic E-state index is 11.8. The Hall–Kier alpha value is -0.500. The summed E-state index contributed by atoms with van der Waals surface area (Å²) in [6, 6.07) is 0. The van der Waals surface area contributed by atoms with Crippen molar-refractivity contribution in [1.29, 1.82) is 0 Å². The highest BCUT2D eigenvalue weighted by molar-refractivity contribution is 14.0. The van der Waals surface area contributed by atoms with Gasteiger partial charge in [-0.2, -0.15) is 0 Å². The highest BCUT2D eigenvalue weighted by atomic mass is 127. The minimum atomic E-state index is -0.319. The summed E-state index contributed by atoms with van der Waals surface area (Å²) in [6.45, 7) is 7.28. The van der Waals surface area contributed by atoms with E-state index in [1.165, 1.54) is 11.8 Å². The second kappa shape index (κ2) is 7.05. The van der Waals surface area contributed by atoms with E-state index >= 15 is 0 Å². The molecule has 0 saturated carbocycles. The molecule has 4 nitrogen and oxygen atoms in total. The van der Waals surface area contributed by atoms with Crippen molar-refractivity contribution in [3.05, 3.63) is 22.8 Å². The molecule has 1 aromatic heterocycles. The van der Waals surface area contributed by atoms with E-state index in [1.54, 1.807) is 13.8 Å². The van der Waals surface area contributed by atoms with Gasteiger partial charge in [-0.1, -0.05) is 0 Å². The molecule has 1 rings (SSSR count). The third-order valence-electron chi connectivity index (χ3n) is 2.24. The fraction of sp³-hybridized carbons (Fsp3) is 0.455. The summed E-state index contributed by atoms with van der Waals surface area (Å²) in [4.78, 5) is 24.2. The van der Waals surface area contributed by atoms with Crippen LogP contribution >= 0.6 is 35.7 Å². The first-order chi connectivity index (χ1) is 7.45. The summed E-state index contributed by atoms with van der Waals surface area (Å²) >= 11 is 1.44. The quantitative estimate of drug-likeness (QED) is 0.436. The predicted octanol–water partition coefficient (Wildman–Crippen LogP) is 2.94. The van der Waals surface area contributed by atoms with Gasteiger partial charge in [-0.05, 0) is 34.0 Å². The van der Waals surface area contributed by atoms with Crippen LogP contribution in [0.1, 0.15) is 34.5 Å². The lowest BCUT2D eigenvalue weighted by atomic mass is 10.2. The van der Waals surface area contributed by atoms with Crippen LogP contribution in [0.25, 0.3) is 0 Å². The maximum Gasteiger partial charge on any atom is 0.298 e. The van der Waals surface area contributed by atoms with E-state index in [0.29, 0.717) is 11.4 Å². The summed E-state index contributed by atoms with van der Waals surface area (Å²) in [5, 5.41) is 0.726. The zero-order valence-corrected chi connectivity index (χ0v) is 13.7. The number of aromatic nitrogens is 2. The van der Waals surface area contributed by atoms with Gasteiger partial charge < -0.3 is 0 Å². The molecule has 0 spiro atoms. The molecule has 0 radical (unpaired) electrons. The molecule has 0 atom stereocenters. The van der Waals surface area contributed by atoms with E-state index in [4.69, 9.17) is 0 Å². The minimum absolute atomic E-state index is 0. The Balaban J connectivity index is 0.00000256. The fourth-order valence-electron chi connectivity index (χ4n) is 1.16. The number of halogens is 1. The van der Waals surface area contributed by atoms with Crippen LogP contribution in [0.3, 0.4) is 0 Å². The zero-order chi connectivity index (χ0) is 12.3. The van der Waals surface area contributed by atoms with E-state index in [1.807, 2.05) is 20.1 Å². The fourth-order valence-corrected chi connectivity index (χ4v) is 1.33. The second-order valence-electron chi connectivity index (χ2n) is 3.47. The van der Waals surface area contributed by atoms with Crippen LogP contribution in [0.15, 0.2) is 4.99 Å². The van der Waals surface area contributed by atoms with Crippen LogP contribution in [0, 0.1) is 20.8 Å². The van der Waals surface area contributed by atoms with Crippen molar-refractivity contribution in [3.8, 4) is 0 Å². The van der Waals surface area contributed by atoms with Gasteiger partial charge in [-0.15, -0.1) is 35.7 Å². The maximum absolute atomic E-state index is 11.8. The van der Waals surface area contributed by atoms with E-state index in [0.717, 1.165) is 16.4 Å². The number of aryl methyl sites for hydroxylation is 3. The van der Waals surface area contributed by atoms with E-state index in [9.17, 15) is 4.79 Å². The van der Waals surface area contributed by atoms with Crippen molar-refractivity contribution in [3.63, 3.8) is 0 Å². The molecule has 94 valence electrons. The Labute approximate surface area is 123 Å². The molecule has 0 fully saturated rings. The summed E-state index contributed by atoms with van der Waals surface area (Å²) in [6.07, 6.45) is 1.88. The zero-order valence-electron chi connectivity index (χ0n) is 10.6. The lowest BCUT2D eigenvalue weighted by Crippen LogP contribution is -2.08. The molecule has 0 aliphatic carbocycles. The monoisotopic (exact) mass is 365 g/mol. The van der Waals surface area contributed by atoms with Gasteiger partial charge in [0, 0.05) is 0 Å². The van der Waals surface area contributed by atoms with Gasteiger partial charge in [0.2, 0.25) is 0 Å². The average Bonchev–Trinajstić information content (AvgIpc) is 2.23. The second-order valence-corrected chi connectivity index (χ2v) is 4.47. The van der Waals surface area contributed by atoms with Gasteiger partial charge >= 0.3 is 0 Å². The molecular weight excluding hydrogens is 349 g/mol. The van der Waals surface area contributed by atoms with Crippen molar-refractivity contribution < 1.29 is 4.79 Å². The Morgan fingerprint density at radius 2 is 1.65 bits per heavy atom. The van der Waals surface area contributed by atoms with Crippen molar-refractivity contribution in [2.24, 2.45) is 4.99 Å². The molecule has 1 heterocycles. The smallest absolute Gasteiger partial charge is 0.265 e. The Kier molecular flexibility index (Phi) is 6.84. The first kappa shape index (κ1) is 16.5. The lowest BCUT2D eigenvalue weighted by Gasteiger charge is -2.04. The Morgan fingerprint density at radius 3 is 2.18 bits per heavy atom. The van der Waals surface area contributed by atoms with Crippen LogP contribution < -0.4 is 0 Å². The first-order valence-corrected chi connectivity index (χ1v) is 6.13. The molecular formula is C11H16IN3OS. The number of hydrogen-bond acceptors (Lipinski definition) is 4. The number of thioether (sulfide) groups is 1. The molecule has 17 heavy (non-hydrogen) atoms. The third kappa shape index (κ3) is 4.34. The van der Waals surface area contributed by atoms with Gasteiger partial charge in [-0.3, -0.25) is 9.78 Å². The molecule has 0 N–H and O–H groups in total. The van der Waals surface area contributed by atoms with E-state index in [-0.39, 0.29) is 29.9 Å². The number of hydrogen-bond donors (Lipinski definition) is 0. The first-order valence-electron chi connectivity index (χ1n) is 4.91. The highest BCUT2D eigenvalue weighted by Gasteiger charge is 2.13. The van der Waals surface area contributed by atoms with Crippen molar-refractivity contribution in [2.45, 2.75) is 27.7 Å². The lowest BCUT2D eigenvalue weighted by molar-refractivity contribution is 0.0997. The number of amides is 1. The molecule has 0 aromatic carbocycles. The number of aliphatic imine (C=N–C) groups is 1. The topological polar surface area (TPSA) is 55.2 Å². The van der Waals surface area contributed by atoms with Gasteiger partial charge in [0.15, 0.2) is 5.69 Å². The van der Waals surface area contributed by atoms with E-state index < -0.39 is 0 Å². The minimum Gasteiger partial charge on any atom is -0.265 e. The SMILES string of the molecule is CSC(C)=NC(=O)c1nc(C)c(C)nc1C.I. The molecule has 6 heteroatoms. The van der Waals surface area contributed by atoms with Crippen LogP contribution in [-0.2, 0) is 0 Å². The van der Waals surface area contributed by atoms with Crippen LogP contribution in [-0.4, -0.2) is 27.2 Å². The summed E-state index contributed by atoms with van der Waals surface area (Å²) in [5.74, 6) is -0.319. The standard InChI is InChI=1S/C11H15N3OS.HI/c1-6-7(2)13-10(8(3)12-6)11(15)14-9(4)16-5;/h1-5H3;1H. The summed E-state index contributed by atoms with van der Waals surface area (Å²) < 4.78 is 0. The summed E-state index contributed by atoms with van der Waals surface area (Å²) in [5.41, 5.74) is 2.59. The van der Waals surface area contributed by atoms with Crippen LogP contribution in [0.5, 0.6) is 0 Å². The normalized spacial score (nSPS) is 11.0. The number of rotatable bonds is 1. The van der Waals surface area contributed by atoms with Crippen LogP contribution in [0.2, 0.25) is 0 Å². The predicted molar refractivity (Wildman–Crippen MR) is 82.6 cm³/mol. The molecule has 0 saturated heterocycles. The molecule has 0 bridgehead atoms.